The number of fused-ring (bicyclic) bond motifs is 3. The molecule has 0 aliphatic heterocycles. The second kappa shape index (κ2) is 18.3. The van der Waals surface area contributed by atoms with Crippen molar-refractivity contribution in [3.63, 3.8) is 0 Å². The second-order valence-electron chi connectivity index (χ2n) is 13.4. The number of aryl methyl sites for hydroxylation is 6. The monoisotopic (exact) mass is 893 g/mol. The molecule has 274 valence electrons. The van der Waals surface area contributed by atoms with E-state index in [1.807, 2.05) is 133 Å². The topological polar surface area (TPSA) is 99.4 Å². The summed E-state index contributed by atoms with van der Waals surface area (Å²) in [5.74, 6) is 0.999. The molecule has 3 aromatic heterocycles. The van der Waals surface area contributed by atoms with E-state index in [0.29, 0.717) is 17.2 Å². The largest absolute Gasteiger partial charge is 0.507 e. The second-order valence-corrected chi connectivity index (χ2v) is 16.5. The minimum Gasteiger partial charge on any atom is -0.507 e. The molecule has 0 amide bonds. The van der Waals surface area contributed by atoms with Gasteiger partial charge in [0.15, 0.2) is 0 Å². The van der Waals surface area contributed by atoms with E-state index in [1.165, 1.54) is 0 Å². The Morgan fingerprint density at radius 3 is 0.875 bits per heavy atom. The SMILES string of the molecule is Cc1cc(C)c(O)c(-c2nc3ccccc3s2)c1.Cc1cc(C)c(O)c(-c2nc3ccccc3s2)c1.Cc1cc(C)c(O)c(-c2nc3ccccc3s2)c1.[Zn].[Zn]. The molecule has 6 nitrogen and oxygen atoms in total. The van der Waals surface area contributed by atoms with Crippen LogP contribution in [0.3, 0.4) is 0 Å². The summed E-state index contributed by atoms with van der Waals surface area (Å²) in [6.45, 7) is 11.8. The van der Waals surface area contributed by atoms with Gasteiger partial charge in [0.1, 0.15) is 32.3 Å². The fourth-order valence-corrected chi connectivity index (χ4v) is 9.28. The predicted molar refractivity (Wildman–Crippen MR) is 229 cm³/mol. The van der Waals surface area contributed by atoms with Gasteiger partial charge in [-0.2, -0.15) is 0 Å². The molecule has 0 spiro atoms. The summed E-state index contributed by atoms with van der Waals surface area (Å²) in [4.78, 5) is 13.8. The summed E-state index contributed by atoms with van der Waals surface area (Å²) in [7, 11) is 0. The Labute approximate surface area is 364 Å². The van der Waals surface area contributed by atoms with Crippen LogP contribution in [-0.2, 0) is 39.0 Å². The van der Waals surface area contributed by atoms with E-state index in [4.69, 9.17) is 0 Å². The van der Waals surface area contributed by atoms with Crippen LogP contribution in [0.5, 0.6) is 17.2 Å². The normalized spacial score (nSPS) is 10.6. The average molecular weight is 897 g/mol. The molecule has 0 radical (unpaired) electrons. The van der Waals surface area contributed by atoms with Crippen molar-refractivity contribution in [2.24, 2.45) is 0 Å². The molecule has 0 aliphatic rings. The maximum absolute atomic E-state index is 10.2. The van der Waals surface area contributed by atoms with Gasteiger partial charge in [-0.05, 0) is 130 Å². The van der Waals surface area contributed by atoms with Crippen molar-refractivity contribution in [2.45, 2.75) is 41.5 Å². The van der Waals surface area contributed by atoms with E-state index >= 15 is 0 Å². The Hall–Kier alpha value is -4.36. The zero-order chi connectivity index (χ0) is 38.1. The summed E-state index contributed by atoms with van der Waals surface area (Å²) < 4.78 is 3.43. The summed E-state index contributed by atoms with van der Waals surface area (Å²) in [5.41, 5.74) is 11.5. The number of nitrogens with zero attached hydrogens (tertiary/aromatic N) is 3. The number of benzene rings is 6. The number of hydrogen-bond donors (Lipinski definition) is 3. The zero-order valence-corrected chi connectivity index (χ0v) is 40.6. The molecule has 0 aliphatic carbocycles. The van der Waals surface area contributed by atoms with Crippen molar-refractivity contribution in [1.82, 2.24) is 15.0 Å². The fraction of sp³-hybridized carbons (Fsp3) is 0.133. The van der Waals surface area contributed by atoms with Crippen molar-refractivity contribution >= 4 is 64.7 Å². The van der Waals surface area contributed by atoms with Crippen LogP contribution in [0.4, 0.5) is 0 Å². The van der Waals surface area contributed by atoms with Crippen LogP contribution >= 0.6 is 34.0 Å². The fourth-order valence-electron chi connectivity index (χ4n) is 6.33. The Morgan fingerprint density at radius 2 is 0.625 bits per heavy atom. The summed E-state index contributed by atoms with van der Waals surface area (Å²) in [6, 6.07) is 36.0. The smallest absolute Gasteiger partial charge is 0.128 e. The van der Waals surface area contributed by atoms with Crippen molar-refractivity contribution in [1.29, 1.82) is 0 Å². The molecule has 3 N–H and O–H groups in total. The number of thiazole rings is 3. The first-order valence-electron chi connectivity index (χ1n) is 17.4. The van der Waals surface area contributed by atoms with Crippen molar-refractivity contribution in [3.05, 3.63) is 143 Å². The Kier molecular flexibility index (Phi) is 14.0. The van der Waals surface area contributed by atoms with E-state index in [2.05, 4.69) is 33.2 Å². The number of para-hydroxylation sites is 3. The minimum absolute atomic E-state index is 0. The van der Waals surface area contributed by atoms with Crippen molar-refractivity contribution < 1.29 is 54.3 Å². The molecule has 11 heteroatoms. The predicted octanol–water partition coefficient (Wildman–Crippen LogP) is 12.9. The van der Waals surface area contributed by atoms with Crippen LogP contribution in [0.2, 0.25) is 0 Å². The number of aromatic hydroxyl groups is 3. The number of phenols is 3. The van der Waals surface area contributed by atoms with Gasteiger partial charge in [-0.1, -0.05) is 54.6 Å². The maximum Gasteiger partial charge on any atom is 0.128 e. The summed E-state index contributed by atoms with van der Waals surface area (Å²) in [5, 5.41) is 33.1. The Bertz CT molecular complexity index is 2410. The number of aromatic nitrogens is 3. The summed E-state index contributed by atoms with van der Waals surface area (Å²) in [6.07, 6.45) is 0. The first-order valence-corrected chi connectivity index (χ1v) is 19.9. The molecular weight excluding hydrogens is 857 g/mol. The number of phenolic OH excluding ortho intramolecular Hbond substituents is 3. The molecule has 0 atom stereocenters. The van der Waals surface area contributed by atoms with Crippen LogP contribution in [0, 0.1) is 41.5 Å². The van der Waals surface area contributed by atoms with E-state index in [-0.39, 0.29) is 39.0 Å². The first-order chi connectivity index (χ1) is 25.9. The van der Waals surface area contributed by atoms with Crippen LogP contribution in [0.25, 0.3) is 62.4 Å². The number of rotatable bonds is 3. The molecule has 56 heavy (non-hydrogen) atoms. The van der Waals surface area contributed by atoms with Gasteiger partial charge in [0.2, 0.25) is 0 Å². The molecule has 0 bridgehead atoms. The minimum atomic E-state index is 0. The maximum atomic E-state index is 10.2. The molecule has 3 heterocycles. The molecule has 6 aromatic carbocycles. The summed E-state index contributed by atoms with van der Waals surface area (Å²) >= 11 is 4.83. The molecule has 0 fully saturated rings. The van der Waals surface area contributed by atoms with Crippen LogP contribution in [0.15, 0.2) is 109 Å². The van der Waals surface area contributed by atoms with Crippen molar-refractivity contribution in [3.8, 4) is 49.0 Å². The molecule has 0 unspecified atom stereocenters. The molecule has 0 saturated heterocycles. The van der Waals surface area contributed by atoms with Gasteiger partial charge in [-0.25, -0.2) is 15.0 Å². The molecular formula is C45H39N3O3S3Zn2. The molecule has 9 aromatic rings. The Morgan fingerprint density at radius 1 is 0.375 bits per heavy atom. The van der Waals surface area contributed by atoms with Gasteiger partial charge in [0.25, 0.3) is 0 Å². The zero-order valence-electron chi connectivity index (χ0n) is 32.2. The van der Waals surface area contributed by atoms with Gasteiger partial charge in [0, 0.05) is 39.0 Å². The first kappa shape index (κ1) is 42.8. The van der Waals surface area contributed by atoms with Crippen LogP contribution in [0.1, 0.15) is 33.4 Å². The third kappa shape index (κ3) is 9.25. The van der Waals surface area contributed by atoms with Crippen LogP contribution < -0.4 is 0 Å². The van der Waals surface area contributed by atoms with Crippen molar-refractivity contribution in [2.75, 3.05) is 0 Å². The quantitative estimate of drug-likeness (QED) is 0.153. The van der Waals surface area contributed by atoms with Gasteiger partial charge in [0.05, 0.1) is 47.3 Å². The standard InChI is InChI=1S/3C15H13NOS.2Zn/c3*1-9-7-10(2)14(17)11(8-9)15-16-12-5-3-4-6-13(12)18-15;;/h3*3-8,17H,1-2H3;;. The van der Waals surface area contributed by atoms with E-state index < -0.39 is 0 Å². The molecule has 0 saturated carbocycles. The van der Waals surface area contributed by atoms with E-state index in [9.17, 15) is 15.3 Å². The van der Waals surface area contributed by atoms with Gasteiger partial charge >= 0.3 is 0 Å². The molecule has 9 rings (SSSR count). The number of hydrogen-bond acceptors (Lipinski definition) is 9. The Balaban J connectivity index is 0.000000158. The van der Waals surface area contributed by atoms with Gasteiger partial charge < -0.3 is 15.3 Å². The van der Waals surface area contributed by atoms with Gasteiger partial charge in [-0.3, -0.25) is 0 Å². The van der Waals surface area contributed by atoms with Crippen LogP contribution in [-0.4, -0.2) is 30.3 Å². The van der Waals surface area contributed by atoms with E-state index in [0.717, 1.165) is 95.7 Å². The van der Waals surface area contributed by atoms with Gasteiger partial charge in [-0.15, -0.1) is 34.0 Å². The third-order valence-electron chi connectivity index (χ3n) is 8.91. The van der Waals surface area contributed by atoms with E-state index in [1.54, 1.807) is 34.0 Å². The third-order valence-corrected chi connectivity index (χ3v) is 12.1. The average Bonchev–Trinajstić information content (AvgIpc) is 3.90.